The van der Waals surface area contributed by atoms with Crippen LogP contribution in [0, 0.1) is 5.82 Å². The first-order chi connectivity index (χ1) is 25.1. The number of anilines is 1. The highest BCUT2D eigenvalue weighted by Crippen LogP contribution is 2.43. The molecule has 13 heteroatoms. The standard InChI is InChI=1S/C39H47FN6O6/c1-38(2,3)52-37(48)46-25-10-11-26(46)20-44(19-25)35-31-18-41-33(30-17-28(51-23-49-4)16-24-8-5-6-9-29(24)30)32(40)34(31)42-36(43-35)50-22-39-13-7-15-45(39)27(21-47)12-14-39/h5-6,8-9,16-18,25-27,47H,7,10-15,19-23H2,1-4H3/t25?,26?,27-,39?/m1/s1. The smallest absolute Gasteiger partial charge is 0.410 e. The Morgan fingerprint density at radius 3 is 2.58 bits per heavy atom. The Hall–Kier alpha value is -4.33. The molecule has 3 unspecified atom stereocenters. The molecule has 4 aliphatic rings. The summed E-state index contributed by atoms with van der Waals surface area (Å²) in [6.45, 7) is 8.04. The number of ether oxygens (including phenoxy) is 4. The van der Waals surface area contributed by atoms with Crippen LogP contribution in [-0.2, 0) is 9.47 Å². The van der Waals surface area contributed by atoms with Crippen molar-refractivity contribution in [3.05, 3.63) is 48.4 Å². The van der Waals surface area contributed by atoms with Gasteiger partial charge in [-0.05, 0) is 88.7 Å². The molecule has 2 aromatic carbocycles. The maximum atomic E-state index is 17.1. The topological polar surface area (TPSA) is 123 Å². The number of methoxy groups -OCH3 is 1. The van der Waals surface area contributed by atoms with Crippen LogP contribution in [0.2, 0.25) is 0 Å². The number of hydrogen-bond acceptors (Lipinski definition) is 11. The van der Waals surface area contributed by atoms with Crippen molar-refractivity contribution in [3.63, 3.8) is 0 Å². The van der Waals surface area contributed by atoms with Crippen LogP contribution < -0.4 is 14.4 Å². The molecular weight excluding hydrogens is 667 g/mol. The normalized spacial score (nSPS) is 24.5. The van der Waals surface area contributed by atoms with Crippen molar-refractivity contribution in [3.8, 4) is 23.0 Å². The van der Waals surface area contributed by atoms with Crippen molar-refractivity contribution in [1.82, 2.24) is 24.8 Å². The van der Waals surface area contributed by atoms with Crippen molar-refractivity contribution < 1.29 is 33.2 Å². The molecule has 1 amide bonds. The first-order valence-corrected chi connectivity index (χ1v) is 18.4. The highest BCUT2D eigenvalue weighted by molar-refractivity contribution is 6.00. The van der Waals surface area contributed by atoms with E-state index in [0.717, 1.165) is 55.8 Å². The van der Waals surface area contributed by atoms with E-state index >= 15 is 4.39 Å². The van der Waals surface area contributed by atoms with E-state index in [9.17, 15) is 9.90 Å². The number of rotatable bonds is 9. The summed E-state index contributed by atoms with van der Waals surface area (Å²) in [6, 6.07) is 11.4. The average Bonchev–Trinajstić information content (AvgIpc) is 3.78. The fourth-order valence-corrected chi connectivity index (χ4v) is 8.90. The largest absolute Gasteiger partial charge is 0.468 e. The van der Waals surface area contributed by atoms with Crippen molar-refractivity contribution in [1.29, 1.82) is 0 Å². The molecule has 52 heavy (non-hydrogen) atoms. The van der Waals surface area contributed by atoms with Crippen molar-refractivity contribution in [2.45, 2.75) is 88.6 Å². The number of carbonyl (C=O) groups excluding carboxylic acids is 1. The first kappa shape index (κ1) is 34.7. The second kappa shape index (κ2) is 13.6. The van der Waals surface area contributed by atoms with Gasteiger partial charge >= 0.3 is 12.1 Å². The molecule has 1 N–H and O–H groups in total. The lowest BCUT2D eigenvalue weighted by Gasteiger charge is -2.42. The predicted octanol–water partition coefficient (Wildman–Crippen LogP) is 5.92. The molecule has 12 nitrogen and oxygen atoms in total. The summed E-state index contributed by atoms with van der Waals surface area (Å²) in [6.07, 6.45) is 6.80. The van der Waals surface area contributed by atoms with Gasteiger partial charge in [0.25, 0.3) is 0 Å². The van der Waals surface area contributed by atoms with Gasteiger partial charge in [-0.25, -0.2) is 9.18 Å². The second-order valence-electron chi connectivity index (χ2n) is 15.6. The Morgan fingerprint density at radius 2 is 1.83 bits per heavy atom. The lowest BCUT2D eigenvalue weighted by atomic mass is 9.95. The second-order valence-corrected chi connectivity index (χ2v) is 15.6. The third-order valence-corrected chi connectivity index (χ3v) is 11.2. The third-order valence-electron chi connectivity index (χ3n) is 11.2. The summed E-state index contributed by atoms with van der Waals surface area (Å²) in [5, 5.41) is 12.2. The molecule has 0 radical (unpaired) electrons. The van der Waals surface area contributed by atoms with Gasteiger partial charge in [0.05, 0.1) is 29.6 Å². The minimum atomic E-state index is -0.602. The number of carbonyl (C=O) groups is 1. The number of pyridine rings is 1. The van der Waals surface area contributed by atoms with E-state index in [2.05, 4.69) is 9.80 Å². The highest BCUT2D eigenvalue weighted by atomic mass is 19.1. The number of benzene rings is 2. The third kappa shape index (κ3) is 6.26. The van der Waals surface area contributed by atoms with E-state index in [-0.39, 0.29) is 60.4 Å². The minimum Gasteiger partial charge on any atom is -0.468 e. The lowest BCUT2D eigenvalue weighted by Crippen LogP contribution is -2.57. The van der Waals surface area contributed by atoms with Gasteiger partial charge in [-0.1, -0.05) is 24.3 Å². The number of aliphatic hydroxyl groups is 1. The van der Waals surface area contributed by atoms with E-state index in [1.165, 1.54) is 0 Å². The summed E-state index contributed by atoms with van der Waals surface area (Å²) < 4.78 is 40.3. The SMILES string of the molecule is COCOc1cc(-c2ncc3c(N4CC5CCC(C4)N5C(=O)OC(C)(C)C)nc(OCC45CCCN4[C@@H](CO)CC5)nc3c2F)c2ccccc2c1. The van der Waals surface area contributed by atoms with E-state index in [4.69, 9.17) is 33.9 Å². The van der Waals surface area contributed by atoms with Crippen molar-refractivity contribution in [2.75, 3.05) is 51.7 Å². The molecule has 4 atom stereocenters. The zero-order chi connectivity index (χ0) is 36.2. The summed E-state index contributed by atoms with van der Waals surface area (Å²) in [5.41, 5.74) is -0.00133. The van der Waals surface area contributed by atoms with E-state index < -0.39 is 11.4 Å². The molecule has 8 rings (SSSR count). The maximum Gasteiger partial charge on any atom is 0.410 e. The molecule has 276 valence electrons. The Balaban J connectivity index is 1.20. The lowest BCUT2D eigenvalue weighted by molar-refractivity contribution is 0.0122. The Bertz CT molecular complexity index is 1980. The molecule has 0 spiro atoms. The van der Waals surface area contributed by atoms with Crippen LogP contribution >= 0.6 is 0 Å². The average molecular weight is 715 g/mol. The number of aromatic nitrogens is 3. The van der Waals surface area contributed by atoms with Crippen molar-refractivity contribution in [2.24, 2.45) is 0 Å². The van der Waals surface area contributed by atoms with Gasteiger partial charge in [-0.2, -0.15) is 9.97 Å². The molecule has 6 heterocycles. The van der Waals surface area contributed by atoms with Gasteiger partial charge in [0.15, 0.2) is 12.6 Å². The summed E-state index contributed by atoms with van der Waals surface area (Å²) >= 11 is 0. The Kier molecular flexibility index (Phi) is 9.07. The minimum absolute atomic E-state index is 0.0455. The highest BCUT2D eigenvalue weighted by Gasteiger charge is 2.50. The fraction of sp³-hybridized carbons (Fsp3) is 0.538. The number of nitrogens with zero attached hydrogens (tertiary/aromatic N) is 6. The number of piperazine rings is 1. The van der Waals surface area contributed by atoms with Crippen LogP contribution in [0.1, 0.15) is 59.3 Å². The molecule has 4 aliphatic heterocycles. The van der Waals surface area contributed by atoms with Crippen LogP contribution in [-0.4, -0.2) is 112 Å². The predicted molar refractivity (Wildman–Crippen MR) is 194 cm³/mol. The fourth-order valence-electron chi connectivity index (χ4n) is 8.90. The number of hydrogen-bond donors (Lipinski definition) is 1. The molecule has 0 aliphatic carbocycles. The van der Waals surface area contributed by atoms with Gasteiger partial charge in [0, 0.05) is 38.0 Å². The summed E-state index contributed by atoms with van der Waals surface area (Å²) in [4.78, 5) is 34.0. The molecule has 2 aromatic heterocycles. The Labute approximate surface area is 302 Å². The zero-order valence-corrected chi connectivity index (χ0v) is 30.3. The van der Waals surface area contributed by atoms with Crippen LogP contribution in [0.15, 0.2) is 42.6 Å². The molecule has 4 fully saturated rings. The van der Waals surface area contributed by atoms with Crippen LogP contribution in [0.25, 0.3) is 32.9 Å². The van der Waals surface area contributed by atoms with Crippen molar-refractivity contribution >= 4 is 33.6 Å². The van der Waals surface area contributed by atoms with Gasteiger partial charge in [0.1, 0.15) is 35.0 Å². The zero-order valence-electron chi connectivity index (χ0n) is 30.3. The summed E-state index contributed by atoms with van der Waals surface area (Å²) in [5.74, 6) is 0.471. The summed E-state index contributed by atoms with van der Waals surface area (Å²) in [7, 11) is 1.55. The molecule has 2 bridgehead atoms. The van der Waals surface area contributed by atoms with Crippen LogP contribution in [0.4, 0.5) is 15.0 Å². The number of aliphatic hydroxyl groups excluding tert-OH is 1. The van der Waals surface area contributed by atoms with Gasteiger partial charge in [0.2, 0.25) is 0 Å². The van der Waals surface area contributed by atoms with E-state index in [1.807, 2.05) is 56.0 Å². The first-order valence-electron chi connectivity index (χ1n) is 18.4. The van der Waals surface area contributed by atoms with E-state index in [0.29, 0.717) is 42.2 Å². The molecular formula is C39H47FN6O6. The van der Waals surface area contributed by atoms with Gasteiger partial charge in [-0.15, -0.1) is 0 Å². The van der Waals surface area contributed by atoms with Crippen LogP contribution in [0.3, 0.4) is 0 Å². The monoisotopic (exact) mass is 714 g/mol. The number of amides is 1. The molecule has 0 saturated carbocycles. The maximum absolute atomic E-state index is 17.1. The molecule has 4 aromatic rings. The van der Waals surface area contributed by atoms with Gasteiger partial charge < -0.3 is 29.0 Å². The number of fused-ring (bicyclic) bond motifs is 5. The quantitative estimate of drug-likeness (QED) is 0.208. The Morgan fingerprint density at radius 1 is 1.04 bits per heavy atom. The van der Waals surface area contributed by atoms with Crippen LogP contribution in [0.5, 0.6) is 11.8 Å². The van der Waals surface area contributed by atoms with E-state index in [1.54, 1.807) is 19.4 Å². The number of halogens is 1. The van der Waals surface area contributed by atoms with Gasteiger partial charge in [-0.3, -0.25) is 14.8 Å². The molecule has 4 saturated heterocycles.